The fraction of sp³-hybridized carbons (Fsp3) is 0.409. The van der Waals surface area contributed by atoms with E-state index in [0.29, 0.717) is 0 Å². The van der Waals surface area contributed by atoms with E-state index >= 15 is 0 Å². The van der Waals surface area contributed by atoms with E-state index in [2.05, 4.69) is 5.32 Å². The lowest BCUT2D eigenvalue weighted by Crippen LogP contribution is -2.43. The van der Waals surface area contributed by atoms with Gasteiger partial charge in [-0.1, -0.05) is 60.4 Å². The second-order valence-electron chi connectivity index (χ2n) is 7.62. The maximum absolute atomic E-state index is 13.2. The molecule has 1 aliphatic carbocycles. The van der Waals surface area contributed by atoms with Crippen LogP contribution in [-0.2, 0) is 21.4 Å². The summed E-state index contributed by atoms with van der Waals surface area (Å²) >= 11 is 0. The molecule has 5 nitrogen and oxygen atoms in total. The van der Waals surface area contributed by atoms with E-state index in [1.54, 1.807) is 24.3 Å². The van der Waals surface area contributed by atoms with Gasteiger partial charge < -0.3 is 5.32 Å². The van der Waals surface area contributed by atoms with Gasteiger partial charge in [-0.3, -0.25) is 4.79 Å². The molecule has 0 aromatic heterocycles. The molecule has 2 aromatic rings. The minimum absolute atomic E-state index is 0.161. The zero-order chi connectivity index (χ0) is 20.1. The summed E-state index contributed by atoms with van der Waals surface area (Å²) in [6.07, 6.45) is 4.15. The Morgan fingerprint density at radius 2 is 1.50 bits per heavy atom. The van der Waals surface area contributed by atoms with Crippen molar-refractivity contribution < 1.29 is 13.2 Å². The summed E-state index contributed by atoms with van der Waals surface area (Å²) in [6, 6.07) is 14.6. The van der Waals surface area contributed by atoms with Crippen LogP contribution in [0.5, 0.6) is 0 Å². The molecule has 0 unspecified atom stereocenters. The van der Waals surface area contributed by atoms with Crippen LogP contribution < -0.4 is 5.32 Å². The summed E-state index contributed by atoms with van der Waals surface area (Å²) in [4.78, 5) is 12.8. The number of benzene rings is 2. The van der Waals surface area contributed by atoms with Gasteiger partial charge in [-0.25, -0.2) is 8.42 Å². The summed E-state index contributed by atoms with van der Waals surface area (Å²) < 4.78 is 27.7. The third kappa shape index (κ3) is 5.20. The van der Waals surface area contributed by atoms with Crippen LogP contribution in [0.25, 0.3) is 0 Å². The molecular formula is C22H28N2O3S. The average molecular weight is 401 g/mol. The molecule has 0 spiro atoms. The van der Waals surface area contributed by atoms with Crippen LogP contribution in [0.1, 0.15) is 42.4 Å². The van der Waals surface area contributed by atoms with Crippen LogP contribution in [-0.4, -0.2) is 31.2 Å². The first-order valence-electron chi connectivity index (χ1n) is 9.76. The lowest BCUT2D eigenvalue weighted by atomic mass is 10.1. The molecule has 150 valence electrons. The first kappa shape index (κ1) is 20.6. The van der Waals surface area contributed by atoms with Gasteiger partial charge in [-0.05, 0) is 44.4 Å². The van der Waals surface area contributed by atoms with E-state index in [-0.39, 0.29) is 29.9 Å². The summed E-state index contributed by atoms with van der Waals surface area (Å²) in [5.74, 6) is -0.241. The molecule has 6 heteroatoms. The predicted octanol–water partition coefficient (Wildman–Crippen LogP) is 3.55. The molecule has 0 bridgehead atoms. The summed E-state index contributed by atoms with van der Waals surface area (Å²) in [5, 5.41) is 2.99. The lowest BCUT2D eigenvalue weighted by molar-refractivity contribution is -0.122. The van der Waals surface area contributed by atoms with Crippen molar-refractivity contribution in [3.63, 3.8) is 0 Å². The van der Waals surface area contributed by atoms with Gasteiger partial charge in [0.15, 0.2) is 0 Å². The number of hydrogen-bond acceptors (Lipinski definition) is 3. The number of nitrogens with one attached hydrogen (secondary N) is 1. The second kappa shape index (κ2) is 8.88. The number of sulfonamides is 1. The number of nitrogens with zero attached hydrogens (tertiary/aromatic N) is 1. The van der Waals surface area contributed by atoms with Crippen molar-refractivity contribution in [2.45, 2.75) is 57.0 Å². The zero-order valence-corrected chi connectivity index (χ0v) is 17.3. The van der Waals surface area contributed by atoms with E-state index in [1.165, 1.54) is 4.31 Å². The first-order valence-corrected chi connectivity index (χ1v) is 11.2. The fourth-order valence-corrected chi connectivity index (χ4v) is 4.87. The third-order valence-corrected chi connectivity index (χ3v) is 6.98. The van der Waals surface area contributed by atoms with Crippen LogP contribution in [0.2, 0.25) is 0 Å². The number of carbonyl (C=O) groups excluding carboxylic acids is 1. The van der Waals surface area contributed by atoms with Crippen molar-refractivity contribution in [3.05, 3.63) is 65.2 Å². The maximum atomic E-state index is 13.2. The molecule has 1 N–H and O–H groups in total. The Morgan fingerprint density at radius 3 is 2.07 bits per heavy atom. The smallest absolute Gasteiger partial charge is 0.243 e. The quantitative estimate of drug-likeness (QED) is 0.773. The van der Waals surface area contributed by atoms with Crippen molar-refractivity contribution >= 4 is 15.9 Å². The monoisotopic (exact) mass is 400 g/mol. The van der Waals surface area contributed by atoms with Crippen LogP contribution in [0.3, 0.4) is 0 Å². The minimum Gasteiger partial charge on any atom is -0.352 e. The van der Waals surface area contributed by atoms with Crippen molar-refractivity contribution in [3.8, 4) is 0 Å². The topological polar surface area (TPSA) is 66.5 Å². The molecule has 28 heavy (non-hydrogen) atoms. The summed E-state index contributed by atoms with van der Waals surface area (Å²) in [6.45, 7) is 3.88. The molecule has 1 fully saturated rings. The third-order valence-electron chi connectivity index (χ3n) is 5.18. The fourth-order valence-electron chi connectivity index (χ4n) is 3.49. The van der Waals surface area contributed by atoms with Crippen LogP contribution in [0.15, 0.2) is 53.4 Å². The van der Waals surface area contributed by atoms with E-state index in [0.717, 1.165) is 42.4 Å². The number of hydrogen-bond donors (Lipinski definition) is 1. The van der Waals surface area contributed by atoms with E-state index in [4.69, 9.17) is 0 Å². The molecular weight excluding hydrogens is 372 g/mol. The van der Waals surface area contributed by atoms with Crippen LogP contribution in [0, 0.1) is 13.8 Å². The van der Waals surface area contributed by atoms with Crippen molar-refractivity contribution in [1.29, 1.82) is 0 Å². The van der Waals surface area contributed by atoms with Gasteiger partial charge >= 0.3 is 0 Å². The van der Waals surface area contributed by atoms with E-state index < -0.39 is 10.0 Å². The normalized spacial score (nSPS) is 15.1. The van der Waals surface area contributed by atoms with Gasteiger partial charge in [-0.2, -0.15) is 4.31 Å². The van der Waals surface area contributed by atoms with Crippen molar-refractivity contribution in [2.24, 2.45) is 0 Å². The Balaban J connectivity index is 1.83. The molecule has 1 amide bonds. The molecule has 1 aliphatic rings. The molecule has 0 atom stereocenters. The number of rotatable bonds is 7. The Labute approximate surface area is 167 Å². The van der Waals surface area contributed by atoms with Gasteiger partial charge in [0.25, 0.3) is 0 Å². The van der Waals surface area contributed by atoms with Crippen molar-refractivity contribution in [1.82, 2.24) is 9.62 Å². The van der Waals surface area contributed by atoms with Crippen LogP contribution >= 0.6 is 0 Å². The highest BCUT2D eigenvalue weighted by molar-refractivity contribution is 7.89. The highest BCUT2D eigenvalue weighted by Crippen LogP contribution is 2.20. The Morgan fingerprint density at radius 1 is 0.964 bits per heavy atom. The molecule has 3 rings (SSSR count). The Bertz CT molecular complexity index is 900. The largest absolute Gasteiger partial charge is 0.352 e. The Hall–Kier alpha value is -2.18. The van der Waals surface area contributed by atoms with Gasteiger partial charge in [0.2, 0.25) is 15.9 Å². The van der Waals surface area contributed by atoms with E-state index in [9.17, 15) is 13.2 Å². The van der Waals surface area contributed by atoms with Gasteiger partial charge in [0, 0.05) is 12.6 Å². The molecule has 0 radical (unpaired) electrons. The second-order valence-corrected chi connectivity index (χ2v) is 9.56. The molecule has 0 heterocycles. The average Bonchev–Trinajstić information content (AvgIpc) is 3.16. The van der Waals surface area contributed by atoms with Crippen LogP contribution in [0.4, 0.5) is 0 Å². The number of amides is 1. The summed E-state index contributed by atoms with van der Waals surface area (Å²) in [7, 11) is -3.78. The minimum atomic E-state index is -3.78. The highest BCUT2D eigenvalue weighted by atomic mass is 32.2. The Kier molecular flexibility index (Phi) is 6.52. The molecule has 0 saturated heterocycles. The van der Waals surface area contributed by atoms with Gasteiger partial charge in [0.1, 0.15) is 0 Å². The zero-order valence-electron chi connectivity index (χ0n) is 16.5. The van der Waals surface area contributed by atoms with Crippen molar-refractivity contribution in [2.75, 3.05) is 6.54 Å². The predicted molar refractivity (Wildman–Crippen MR) is 110 cm³/mol. The first-order chi connectivity index (χ1) is 13.3. The number of aryl methyl sites for hydroxylation is 2. The van der Waals surface area contributed by atoms with E-state index in [1.807, 2.05) is 38.1 Å². The van der Waals surface area contributed by atoms with Gasteiger partial charge in [0.05, 0.1) is 11.4 Å². The standard InChI is InChI=1S/C22H28N2O3S/c1-17-7-11-19(12-8-17)15-24(16-22(25)23-20-5-3-4-6-20)28(26,27)21-13-9-18(2)10-14-21/h7-14,20H,3-6,15-16H2,1-2H3,(H,23,25). The molecule has 2 aromatic carbocycles. The molecule has 0 aliphatic heterocycles. The lowest BCUT2D eigenvalue weighted by Gasteiger charge is -2.23. The van der Waals surface area contributed by atoms with Gasteiger partial charge in [-0.15, -0.1) is 0 Å². The number of carbonyl (C=O) groups is 1. The molecule has 1 saturated carbocycles. The highest BCUT2D eigenvalue weighted by Gasteiger charge is 2.28. The SMILES string of the molecule is Cc1ccc(CN(CC(=O)NC2CCCC2)S(=O)(=O)c2ccc(C)cc2)cc1. The summed E-state index contributed by atoms with van der Waals surface area (Å²) in [5.41, 5.74) is 2.95. The maximum Gasteiger partial charge on any atom is 0.243 e.